The standard InChI is InChI=1S/C16H26N2O/c1-4-16(19)15-6-5-14(11-17-15)18-9-7-13(8-10-18)12(2)3/h5-6,11-13,16,19H,4,7-10H2,1-3H3/t16-/m1/s1. The molecule has 0 aromatic carbocycles. The van der Waals surface area contributed by atoms with Crippen molar-refractivity contribution in [3.8, 4) is 0 Å². The van der Waals surface area contributed by atoms with Gasteiger partial charge < -0.3 is 10.0 Å². The van der Waals surface area contributed by atoms with Crippen molar-refractivity contribution in [3.63, 3.8) is 0 Å². The van der Waals surface area contributed by atoms with Crippen LogP contribution in [-0.4, -0.2) is 23.2 Å². The molecule has 0 aliphatic carbocycles. The Balaban J connectivity index is 1.96. The number of aliphatic hydroxyl groups excluding tert-OH is 1. The summed E-state index contributed by atoms with van der Waals surface area (Å²) in [4.78, 5) is 6.80. The molecule has 0 unspecified atom stereocenters. The van der Waals surface area contributed by atoms with Gasteiger partial charge in [-0.3, -0.25) is 4.98 Å². The van der Waals surface area contributed by atoms with Gasteiger partial charge in [0, 0.05) is 13.1 Å². The van der Waals surface area contributed by atoms with Gasteiger partial charge in [-0.2, -0.15) is 0 Å². The van der Waals surface area contributed by atoms with Gasteiger partial charge in [-0.15, -0.1) is 0 Å². The Kier molecular flexibility index (Phi) is 4.81. The largest absolute Gasteiger partial charge is 0.387 e. The van der Waals surface area contributed by atoms with Crippen molar-refractivity contribution in [2.45, 2.75) is 46.1 Å². The van der Waals surface area contributed by atoms with E-state index in [1.54, 1.807) is 0 Å². The first kappa shape index (κ1) is 14.3. The van der Waals surface area contributed by atoms with Crippen molar-refractivity contribution < 1.29 is 5.11 Å². The van der Waals surface area contributed by atoms with Crippen LogP contribution in [0.2, 0.25) is 0 Å². The van der Waals surface area contributed by atoms with Crippen LogP contribution in [-0.2, 0) is 0 Å². The molecule has 3 heteroatoms. The molecule has 106 valence electrons. The smallest absolute Gasteiger partial charge is 0.0957 e. The first-order chi connectivity index (χ1) is 9.11. The summed E-state index contributed by atoms with van der Waals surface area (Å²) in [6.07, 6.45) is 4.74. The Morgan fingerprint density at radius 1 is 1.32 bits per heavy atom. The van der Waals surface area contributed by atoms with Crippen LogP contribution < -0.4 is 4.90 Å². The Labute approximate surface area is 116 Å². The Hall–Kier alpha value is -1.09. The van der Waals surface area contributed by atoms with E-state index >= 15 is 0 Å². The lowest BCUT2D eigenvalue weighted by Gasteiger charge is -2.35. The zero-order valence-electron chi connectivity index (χ0n) is 12.3. The number of pyridine rings is 1. The minimum atomic E-state index is -0.430. The normalized spacial score (nSPS) is 18.9. The van der Waals surface area contributed by atoms with Crippen molar-refractivity contribution in [1.29, 1.82) is 0 Å². The first-order valence-electron chi connectivity index (χ1n) is 7.50. The second kappa shape index (κ2) is 6.38. The Morgan fingerprint density at radius 3 is 2.47 bits per heavy atom. The van der Waals surface area contributed by atoms with E-state index in [1.165, 1.54) is 18.5 Å². The molecule has 1 atom stereocenters. The molecule has 1 saturated heterocycles. The molecular weight excluding hydrogens is 236 g/mol. The average Bonchev–Trinajstić information content (AvgIpc) is 2.46. The molecule has 1 aromatic heterocycles. The van der Waals surface area contributed by atoms with Gasteiger partial charge in [0.15, 0.2) is 0 Å². The van der Waals surface area contributed by atoms with Crippen LogP contribution in [0.15, 0.2) is 18.3 Å². The third-order valence-corrected chi connectivity index (χ3v) is 4.35. The van der Waals surface area contributed by atoms with E-state index in [4.69, 9.17) is 0 Å². The predicted octanol–water partition coefficient (Wildman–Crippen LogP) is 3.40. The summed E-state index contributed by atoms with van der Waals surface area (Å²) >= 11 is 0. The molecule has 2 heterocycles. The van der Waals surface area contributed by atoms with Crippen molar-refractivity contribution in [1.82, 2.24) is 4.98 Å². The summed E-state index contributed by atoms with van der Waals surface area (Å²) < 4.78 is 0. The topological polar surface area (TPSA) is 36.4 Å². The predicted molar refractivity (Wildman–Crippen MR) is 79.3 cm³/mol. The lowest BCUT2D eigenvalue weighted by molar-refractivity contribution is 0.169. The number of hydrogen-bond acceptors (Lipinski definition) is 3. The maximum Gasteiger partial charge on any atom is 0.0957 e. The van der Waals surface area contributed by atoms with Crippen molar-refractivity contribution in [2.75, 3.05) is 18.0 Å². The third kappa shape index (κ3) is 3.47. The van der Waals surface area contributed by atoms with E-state index in [9.17, 15) is 5.11 Å². The molecule has 0 radical (unpaired) electrons. The van der Waals surface area contributed by atoms with Crippen LogP contribution in [0.5, 0.6) is 0 Å². The number of nitrogens with zero attached hydrogens (tertiary/aromatic N) is 2. The number of aromatic nitrogens is 1. The molecule has 1 aliphatic rings. The fourth-order valence-electron chi connectivity index (χ4n) is 2.82. The van der Waals surface area contributed by atoms with Gasteiger partial charge in [0.25, 0.3) is 0 Å². The van der Waals surface area contributed by atoms with Gasteiger partial charge in [0.1, 0.15) is 0 Å². The van der Waals surface area contributed by atoms with Crippen molar-refractivity contribution in [3.05, 3.63) is 24.0 Å². The van der Waals surface area contributed by atoms with E-state index in [-0.39, 0.29) is 0 Å². The molecule has 1 aromatic rings. The molecule has 1 aliphatic heterocycles. The minimum absolute atomic E-state index is 0.430. The molecule has 0 spiro atoms. The van der Waals surface area contributed by atoms with Gasteiger partial charge in [0.05, 0.1) is 23.7 Å². The molecule has 3 nitrogen and oxygen atoms in total. The lowest BCUT2D eigenvalue weighted by atomic mass is 9.86. The van der Waals surface area contributed by atoms with Gasteiger partial charge in [0.2, 0.25) is 0 Å². The maximum atomic E-state index is 9.75. The van der Waals surface area contributed by atoms with E-state index in [0.717, 1.165) is 30.6 Å². The second-order valence-corrected chi connectivity index (χ2v) is 5.93. The molecular formula is C16H26N2O. The number of hydrogen-bond donors (Lipinski definition) is 1. The summed E-state index contributed by atoms with van der Waals surface area (Å²) in [6, 6.07) is 4.05. The summed E-state index contributed by atoms with van der Waals surface area (Å²) in [5.74, 6) is 1.66. The molecule has 0 amide bonds. The number of rotatable bonds is 4. The molecule has 19 heavy (non-hydrogen) atoms. The maximum absolute atomic E-state index is 9.75. The number of aliphatic hydroxyl groups is 1. The third-order valence-electron chi connectivity index (χ3n) is 4.35. The molecule has 1 fully saturated rings. The number of anilines is 1. The minimum Gasteiger partial charge on any atom is -0.387 e. The Morgan fingerprint density at radius 2 is 2.00 bits per heavy atom. The van der Waals surface area contributed by atoms with E-state index in [2.05, 4.69) is 29.8 Å². The van der Waals surface area contributed by atoms with E-state index in [0.29, 0.717) is 6.42 Å². The van der Waals surface area contributed by atoms with Gasteiger partial charge in [-0.25, -0.2) is 0 Å². The van der Waals surface area contributed by atoms with Crippen LogP contribution in [0.4, 0.5) is 5.69 Å². The summed E-state index contributed by atoms with van der Waals surface area (Å²) in [5.41, 5.74) is 1.97. The van der Waals surface area contributed by atoms with Crippen LogP contribution in [0, 0.1) is 11.8 Å². The van der Waals surface area contributed by atoms with Crippen LogP contribution in [0.1, 0.15) is 51.8 Å². The summed E-state index contributed by atoms with van der Waals surface area (Å²) in [5, 5.41) is 9.75. The van der Waals surface area contributed by atoms with E-state index in [1.807, 2.05) is 19.2 Å². The second-order valence-electron chi connectivity index (χ2n) is 5.93. The summed E-state index contributed by atoms with van der Waals surface area (Å²) in [6.45, 7) is 8.86. The summed E-state index contributed by atoms with van der Waals surface area (Å²) in [7, 11) is 0. The molecule has 0 saturated carbocycles. The lowest BCUT2D eigenvalue weighted by Crippen LogP contribution is -2.35. The number of piperidine rings is 1. The Bertz CT molecular complexity index is 380. The zero-order chi connectivity index (χ0) is 13.8. The average molecular weight is 262 g/mol. The van der Waals surface area contributed by atoms with Crippen molar-refractivity contribution >= 4 is 5.69 Å². The first-order valence-corrected chi connectivity index (χ1v) is 7.50. The van der Waals surface area contributed by atoms with Crippen LogP contribution in [0.25, 0.3) is 0 Å². The van der Waals surface area contributed by atoms with Gasteiger partial charge >= 0.3 is 0 Å². The van der Waals surface area contributed by atoms with E-state index < -0.39 is 6.10 Å². The van der Waals surface area contributed by atoms with Crippen molar-refractivity contribution in [2.24, 2.45) is 11.8 Å². The molecule has 0 bridgehead atoms. The van der Waals surface area contributed by atoms with Crippen LogP contribution >= 0.6 is 0 Å². The van der Waals surface area contributed by atoms with Gasteiger partial charge in [-0.1, -0.05) is 20.8 Å². The molecule has 2 rings (SSSR count). The highest BCUT2D eigenvalue weighted by Crippen LogP contribution is 2.28. The fraction of sp³-hybridized carbons (Fsp3) is 0.688. The quantitative estimate of drug-likeness (QED) is 0.903. The SMILES string of the molecule is CC[C@@H](O)c1ccc(N2CCC(C(C)C)CC2)cn1. The monoisotopic (exact) mass is 262 g/mol. The van der Waals surface area contributed by atoms with Crippen LogP contribution in [0.3, 0.4) is 0 Å². The highest BCUT2D eigenvalue weighted by atomic mass is 16.3. The van der Waals surface area contributed by atoms with Gasteiger partial charge in [-0.05, 0) is 43.2 Å². The zero-order valence-corrected chi connectivity index (χ0v) is 12.3. The fourth-order valence-corrected chi connectivity index (χ4v) is 2.82. The highest BCUT2D eigenvalue weighted by molar-refractivity contribution is 5.45. The highest BCUT2D eigenvalue weighted by Gasteiger charge is 2.21. The molecule has 1 N–H and O–H groups in total.